The Balaban J connectivity index is 1.71. The lowest BCUT2D eigenvalue weighted by Gasteiger charge is -2.22. The molecule has 6 nitrogen and oxygen atoms in total. The van der Waals surface area contributed by atoms with Crippen molar-refractivity contribution in [1.82, 2.24) is 4.68 Å². The third kappa shape index (κ3) is 4.72. The molecule has 0 bridgehead atoms. The van der Waals surface area contributed by atoms with Gasteiger partial charge >= 0.3 is 0 Å². The minimum Gasteiger partial charge on any atom is -0.504 e. The highest BCUT2D eigenvalue weighted by Gasteiger charge is 2.16. The quantitative estimate of drug-likeness (QED) is 0.350. The number of hydrogen-bond donors (Lipinski definition) is 3. The molecule has 1 aliphatic carbocycles. The Morgan fingerprint density at radius 2 is 1.69 bits per heavy atom. The van der Waals surface area contributed by atoms with Gasteiger partial charge in [0.15, 0.2) is 11.5 Å². The van der Waals surface area contributed by atoms with Crippen molar-refractivity contribution in [2.24, 2.45) is 10.1 Å². The van der Waals surface area contributed by atoms with Crippen LogP contribution in [0.15, 0.2) is 51.9 Å². The summed E-state index contributed by atoms with van der Waals surface area (Å²) in [6, 6.07) is 11.6. The maximum absolute atomic E-state index is 10.1. The number of aromatic nitrogens is 1. The second-order valence-electron chi connectivity index (χ2n) is 8.51. The molecule has 0 amide bonds. The fraction of sp³-hybridized carbons (Fsp3) is 0.360. The lowest BCUT2D eigenvalue weighted by Crippen LogP contribution is -2.14. The highest BCUT2D eigenvalue weighted by atomic mass is 32.1. The molecule has 0 spiro atoms. The molecule has 0 unspecified atom stereocenters. The van der Waals surface area contributed by atoms with Gasteiger partial charge in [0.25, 0.3) is 0 Å². The van der Waals surface area contributed by atoms with Crippen LogP contribution < -0.4 is 4.80 Å². The number of phenolic OH excluding ortho intramolecular Hbond substituents is 3. The van der Waals surface area contributed by atoms with E-state index in [0.717, 1.165) is 16.1 Å². The summed E-state index contributed by atoms with van der Waals surface area (Å²) >= 11 is 1.51. The maximum atomic E-state index is 10.1. The van der Waals surface area contributed by atoms with Gasteiger partial charge in [-0.15, -0.1) is 11.3 Å². The molecule has 0 atom stereocenters. The fourth-order valence-electron chi connectivity index (χ4n) is 4.09. The van der Waals surface area contributed by atoms with Gasteiger partial charge in [0.1, 0.15) is 0 Å². The van der Waals surface area contributed by atoms with E-state index >= 15 is 0 Å². The van der Waals surface area contributed by atoms with E-state index in [9.17, 15) is 15.3 Å². The molecular weight excluding hydrogens is 422 g/mol. The molecule has 3 aromatic rings. The maximum Gasteiger partial charge on any atom is 0.206 e. The van der Waals surface area contributed by atoms with Gasteiger partial charge in [-0.1, -0.05) is 43.5 Å². The van der Waals surface area contributed by atoms with Crippen molar-refractivity contribution in [2.45, 2.75) is 57.9 Å². The first-order chi connectivity index (χ1) is 15.4. The summed E-state index contributed by atoms with van der Waals surface area (Å²) in [4.78, 5) is 5.42. The van der Waals surface area contributed by atoms with E-state index in [1.165, 1.54) is 67.4 Å². The molecule has 0 aliphatic heterocycles. The lowest BCUT2D eigenvalue weighted by atomic mass is 9.84. The largest absolute Gasteiger partial charge is 0.504 e. The second-order valence-corrected chi connectivity index (χ2v) is 9.35. The summed E-state index contributed by atoms with van der Waals surface area (Å²) in [5.74, 6) is -0.695. The normalized spacial score (nSPS) is 15.8. The Morgan fingerprint density at radius 1 is 0.969 bits per heavy atom. The summed E-state index contributed by atoms with van der Waals surface area (Å²) in [6.07, 6.45) is 7.96. The van der Waals surface area contributed by atoms with E-state index in [-0.39, 0.29) is 11.8 Å². The predicted octanol–water partition coefficient (Wildman–Crippen LogP) is 5.57. The molecule has 1 saturated carbocycles. The molecule has 32 heavy (non-hydrogen) atoms. The molecule has 1 aromatic heterocycles. The SMILES string of the molecule is CC(C)N=c1scc(-c2ccc(C3CCCCC3)cc2)n1N=Cc1ccc(O)c(O)c1O. The third-order valence-electron chi connectivity index (χ3n) is 5.81. The Hall–Kier alpha value is -3.06. The molecular formula is C25H29N3O3S. The minimum atomic E-state index is -0.560. The van der Waals surface area contributed by atoms with Gasteiger partial charge in [-0.2, -0.15) is 5.10 Å². The van der Waals surface area contributed by atoms with Crippen molar-refractivity contribution in [3.8, 4) is 28.5 Å². The van der Waals surface area contributed by atoms with Gasteiger partial charge in [0.05, 0.1) is 11.9 Å². The first kappa shape index (κ1) is 22.1. The van der Waals surface area contributed by atoms with E-state index in [1.807, 2.05) is 19.2 Å². The molecule has 7 heteroatoms. The van der Waals surface area contributed by atoms with Crippen molar-refractivity contribution in [3.05, 3.63) is 57.7 Å². The topological polar surface area (TPSA) is 90.3 Å². The van der Waals surface area contributed by atoms with Gasteiger partial charge in [-0.05, 0) is 50.3 Å². The highest BCUT2D eigenvalue weighted by molar-refractivity contribution is 7.07. The molecule has 2 aromatic carbocycles. The first-order valence-corrected chi connectivity index (χ1v) is 11.9. The van der Waals surface area contributed by atoms with E-state index < -0.39 is 11.5 Å². The number of phenols is 3. The Kier molecular flexibility index (Phi) is 6.65. The van der Waals surface area contributed by atoms with Crippen molar-refractivity contribution >= 4 is 17.6 Å². The van der Waals surface area contributed by atoms with Gasteiger partial charge < -0.3 is 15.3 Å². The standard InChI is InChI=1S/C25H29N3O3S/c1-16(2)27-25-28(26-14-20-12-13-22(29)24(31)23(20)30)21(15-32-25)19-10-8-18(9-11-19)17-6-4-3-5-7-17/h8-17,29-31H,3-7H2,1-2H3. The lowest BCUT2D eigenvalue weighted by molar-refractivity contribution is 0.367. The number of aromatic hydroxyl groups is 3. The minimum absolute atomic E-state index is 0.0998. The van der Waals surface area contributed by atoms with Gasteiger partial charge in [-0.25, -0.2) is 4.68 Å². The second kappa shape index (κ2) is 9.61. The van der Waals surface area contributed by atoms with Crippen LogP contribution >= 0.6 is 11.3 Å². The predicted molar refractivity (Wildman–Crippen MR) is 129 cm³/mol. The zero-order valence-corrected chi connectivity index (χ0v) is 19.2. The van der Waals surface area contributed by atoms with Crippen LogP contribution in [0.3, 0.4) is 0 Å². The van der Waals surface area contributed by atoms with Crippen molar-refractivity contribution in [2.75, 3.05) is 0 Å². The van der Waals surface area contributed by atoms with Crippen LogP contribution in [0.4, 0.5) is 0 Å². The monoisotopic (exact) mass is 451 g/mol. The smallest absolute Gasteiger partial charge is 0.206 e. The van der Waals surface area contributed by atoms with Crippen LogP contribution in [0.2, 0.25) is 0 Å². The van der Waals surface area contributed by atoms with Crippen LogP contribution in [-0.2, 0) is 0 Å². The van der Waals surface area contributed by atoms with E-state index in [2.05, 4.69) is 34.4 Å². The van der Waals surface area contributed by atoms with Crippen LogP contribution in [0.25, 0.3) is 11.3 Å². The van der Waals surface area contributed by atoms with Crippen LogP contribution in [0.5, 0.6) is 17.2 Å². The van der Waals surface area contributed by atoms with Crippen molar-refractivity contribution in [3.63, 3.8) is 0 Å². The van der Waals surface area contributed by atoms with Gasteiger partial charge in [-0.3, -0.25) is 4.99 Å². The third-order valence-corrected chi connectivity index (χ3v) is 6.64. The fourth-order valence-corrected chi connectivity index (χ4v) is 5.06. The average Bonchev–Trinajstić information content (AvgIpc) is 3.19. The van der Waals surface area contributed by atoms with Gasteiger partial charge in [0.2, 0.25) is 10.6 Å². The molecule has 0 radical (unpaired) electrons. The van der Waals surface area contributed by atoms with Crippen molar-refractivity contribution < 1.29 is 15.3 Å². The molecule has 1 aliphatic rings. The summed E-state index contributed by atoms with van der Waals surface area (Å²) in [6.45, 7) is 4.02. The van der Waals surface area contributed by atoms with Crippen LogP contribution in [0.1, 0.15) is 63.0 Å². The molecule has 168 valence electrons. The van der Waals surface area contributed by atoms with Crippen LogP contribution in [0, 0.1) is 0 Å². The molecule has 3 N–H and O–H groups in total. The van der Waals surface area contributed by atoms with E-state index in [1.54, 1.807) is 4.68 Å². The molecule has 4 rings (SSSR count). The number of rotatable bonds is 5. The van der Waals surface area contributed by atoms with Crippen molar-refractivity contribution in [1.29, 1.82) is 0 Å². The number of thiazole rings is 1. The zero-order chi connectivity index (χ0) is 22.7. The Labute approximate surface area is 191 Å². The number of benzene rings is 2. The molecule has 1 fully saturated rings. The van der Waals surface area contributed by atoms with Crippen LogP contribution in [-0.4, -0.2) is 32.3 Å². The number of nitrogens with zero attached hydrogens (tertiary/aromatic N) is 3. The number of hydrogen-bond acceptors (Lipinski definition) is 6. The summed E-state index contributed by atoms with van der Waals surface area (Å²) < 4.78 is 1.75. The molecule has 1 heterocycles. The Morgan fingerprint density at radius 3 is 2.38 bits per heavy atom. The summed E-state index contributed by atoms with van der Waals surface area (Å²) in [5.41, 5.74) is 3.65. The zero-order valence-electron chi connectivity index (χ0n) is 18.4. The Bertz CT molecular complexity index is 1170. The average molecular weight is 452 g/mol. The van der Waals surface area contributed by atoms with E-state index in [0.29, 0.717) is 11.5 Å². The van der Waals surface area contributed by atoms with E-state index in [4.69, 9.17) is 0 Å². The highest BCUT2D eigenvalue weighted by Crippen LogP contribution is 2.36. The van der Waals surface area contributed by atoms with Gasteiger partial charge in [0, 0.05) is 22.5 Å². The summed E-state index contributed by atoms with van der Waals surface area (Å²) in [7, 11) is 0. The molecule has 0 saturated heterocycles. The first-order valence-electron chi connectivity index (χ1n) is 11.1. The summed E-state index contributed by atoms with van der Waals surface area (Å²) in [5, 5.41) is 36.1.